The standard InChI is InChI=1S/C12H26O4S.Li/c1-3-4-5-6-7-8-9-10-11-12(2)16-17(13,14)15;/h12H,3-11H2,1-2H3,(H,13,14,15);/q;+1/p-1. The van der Waals surface area contributed by atoms with Crippen molar-refractivity contribution in [3.63, 3.8) is 0 Å². The van der Waals surface area contributed by atoms with E-state index in [0.29, 0.717) is 6.42 Å². The Hall–Kier alpha value is 0.467. The first-order valence-electron chi connectivity index (χ1n) is 6.60. The number of unbranched alkanes of at least 4 members (excludes halogenated alkanes) is 7. The van der Waals surface area contributed by atoms with Crippen molar-refractivity contribution in [1.82, 2.24) is 0 Å². The SMILES string of the molecule is CCCCCCCCCCC(C)OS(=O)(=O)[O-].[Li+]. The topological polar surface area (TPSA) is 66.4 Å². The van der Waals surface area contributed by atoms with E-state index in [2.05, 4.69) is 11.1 Å². The first-order valence-corrected chi connectivity index (χ1v) is 7.93. The van der Waals surface area contributed by atoms with Crippen LogP contribution in [0.5, 0.6) is 0 Å². The maximum atomic E-state index is 10.3. The summed E-state index contributed by atoms with van der Waals surface area (Å²) >= 11 is 0. The maximum absolute atomic E-state index is 10.3. The minimum atomic E-state index is -4.53. The van der Waals surface area contributed by atoms with Gasteiger partial charge in [0.2, 0.25) is 10.4 Å². The van der Waals surface area contributed by atoms with E-state index < -0.39 is 16.5 Å². The van der Waals surface area contributed by atoms with Crippen molar-refractivity contribution in [2.45, 2.75) is 77.7 Å². The smallest absolute Gasteiger partial charge is 0.726 e. The third-order valence-electron chi connectivity index (χ3n) is 2.75. The molecule has 4 nitrogen and oxygen atoms in total. The van der Waals surface area contributed by atoms with Crippen molar-refractivity contribution in [2.24, 2.45) is 0 Å². The molecule has 0 spiro atoms. The second-order valence-electron chi connectivity index (χ2n) is 4.58. The minimum Gasteiger partial charge on any atom is -0.726 e. The van der Waals surface area contributed by atoms with Crippen molar-refractivity contribution in [3.8, 4) is 0 Å². The van der Waals surface area contributed by atoms with Gasteiger partial charge >= 0.3 is 18.9 Å². The van der Waals surface area contributed by atoms with Gasteiger partial charge in [-0.1, -0.05) is 58.3 Å². The van der Waals surface area contributed by atoms with Crippen LogP contribution in [0.4, 0.5) is 0 Å². The van der Waals surface area contributed by atoms with Gasteiger partial charge in [-0.3, -0.25) is 4.18 Å². The van der Waals surface area contributed by atoms with Crippen LogP contribution in [0, 0.1) is 0 Å². The molecule has 0 aliphatic heterocycles. The summed E-state index contributed by atoms with van der Waals surface area (Å²) in [5, 5.41) is 0. The first kappa shape index (κ1) is 20.8. The molecule has 0 amide bonds. The Bertz CT molecular complexity index is 267. The molecule has 0 aromatic carbocycles. The molecule has 0 aromatic rings. The Morgan fingerprint density at radius 2 is 1.44 bits per heavy atom. The molecule has 104 valence electrons. The average Bonchev–Trinajstić information content (AvgIpc) is 2.19. The van der Waals surface area contributed by atoms with E-state index in [4.69, 9.17) is 0 Å². The molecule has 18 heavy (non-hydrogen) atoms. The molecular formula is C12H25LiO4S. The van der Waals surface area contributed by atoms with Crippen LogP contribution < -0.4 is 18.9 Å². The normalized spacial score (nSPS) is 13.1. The Morgan fingerprint density at radius 1 is 1.00 bits per heavy atom. The van der Waals surface area contributed by atoms with Crippen LogP contribution in [-0.2, 0) is 14.6 Å². The Kier molecular flexibility index (Phi) is 14.4. The molecule has 6 heteroatoms. The molecular weight excluding hydrogens is 247 g/mol. The third kappa shape index (κ3) is 16.5. The van der Waals surface area contributed by atoms with Crippen LogP contribution >= 0.6 is 0 Å². The molecule has 0 N–H and O–H groups in total. The van der Waals surface area contributed by atoms with Crippen LogP contribution in [0.1, 0.15) is 71.6 Å². The molecule has 1 unspecified atom stereocenters. The average molecular weight is 272 g/mol. The summed E-state index contributed by atoms with van der Waals surface area (Å²) < 4.78 is 35.2. The fourth-order valence-corrected chi connectivity index (χ4v) is 2.31. The van der Waals surface area contributed by atoms with E-state index in [1.54, 1.807) is 6.92 Å². The summed E-state index contributed by atoms with van der Waals surface area (Å²) in [6.07, 6.45) is 9.75. The summed E-state index contributed by atoms with van der Waals surface area (Å²) in [6, 6.07) is 0. The van der Waals surface area contributed by atoms with Crippen LogP contribution in [0.25, 0.3) is 0 Å². The third-order valence-corrected chi connectivity index (χ3v) is 3.31. The molecule has 1 atom stereocenters. The van der Waals surface area contributed by atoms with Gasteiger partial charge in [-0.15, -0.1) is 0 Å². The maximum Gasteiger partial charge on any atom is 1.00 e. The summed E-state index contributed by atoms with van der Waals surface area (Å²) in [7, 11) is -4.53. The van der Waals surface area contributed by atoms with Crippen molar-refractivity contribution in [3.05, 3.63) is 0 Å². The number of rotatable bonds is 11. The number of hydrogen-bond acceptors (Lipinski definition) is 4. The predicted octanol–water partition coefficient (Wildman–Crippen LogP) is 0.387. The van der Waals surface area contributed by atoms with Gasteiger partial charge in [0, 0.05) is 0 Å². The summed E-state index contributed by atoms with van der Waals surface area (Å²) in [5.41, 5.74) is 0. The molecule has 0 aliphatic rings. The molecule has 0 aliphatic carbocycles. The van der Waals surface area contributed by atoms with E-state index in [9.17, 15) is 13.0 Å². The van der Waals surface area contributed by atoms with Crippen molar-refractivity contribution in [1.29, 1.82) is 0 Å². The zero-order chi connectivity index (χ0) is 13.1. The van der Waals surface area contributed by atoms with E-state index in [1.807, 2.05) is 0 Å². The van der Waals surface area contributed by atoms with Crippen molar-refractivity contribution < 1.29 is 36.0 Å². The van der Waals surface area contributed by atoms with E-state index >= 15 is 0 Å². The second-order valence-corrected chi connectivity index (χ2v) is 5.59. The van der Waals surface area contributed by atoms with Gasteiger partial charge in [0.15, 0.2) is 0 Å². The Balaban J connectivity index is 0. The zero-order valence-electron chi connectivity index (χ0n) is 12.0. The molecule has 0 saturated heterocycles. The Morgan fingerprint density at radius 3 is 1.89 bits per heavy atom. The number of hydrogen-bond donors (Lipinski definition) is 0. The Labute approximate surface area is 124 Å². The molecule has 0 fully saturated rings. The zero-order valence-corrected chi connectivity index (χ0v) is 12.8. The van der Waals surface area contributed by atoms with Gasteiger partial charge in [0.25, 0.3) is 0 Å². The van der Waals surface area contributed by atoms with Crippen molar-refractivity contribution in [2.75, 3.05) is 0 Å². The van der Waals surface area contributed by atoms with Gasteiger partial charge in [-0.05, 0) is 13.3 Å². The molecule has 0 heterocycles. The van der Waals surface area contributed by atoms with E-state index in [1.165, 1.54) is 38.5 Å². The monoisotopic (exact) mass is 272 g/mol. The van der Waals surface area contributed by atoms with Crippen LogP contribution in [0.3, 0.4) is 0 Å². The minimum absolute atomic E-state index is 0. The van der Waals surface area contributed by atoms with Crippen molar-refractivity contribution >= 4 is 10.4 Å². The van der Waals surface area contributed by atoms with Gasteiger partial charge in [0.1, 0.15) is 0 Å². The van der Waals surface area contributed by atoms with Gasteiger partial charge in [0.05, 0.1) is 6.10 Å². The van der Waals surface area contributed by atoms with Gasteiger partial charge < -0.3 is 4.55 Å². The van der Waals surface area contributed by atoms with Gasteiger partial charge in [-0.25, -0.2) is 8.42 Å². The predicted molar refractivity (Wildman–Crippen MR) is 67.5 cm³/mol. The largest absolute Gasteiger partial charge is 1.00 e. The molecule has 0 rings (SSSR count). The second kappa shape index (κ2) is 12.5. The molecule has 0 radical (unpaired) electrons. The van der Waals surface area contributed by atoms with Crippen LogP contribution in [-0.4, -0.2) is 19.1 Å². The fourth-order valence-electron chi connectivity index (χ4n) is 1.81. The van der Waals surface area contributed by atoms with Gasteiger partial charge in [-0.2, -0.15) is 0 Å². The summed E-state index contributed by atoms with van der Waals surface area (Å²) in [6.45, 7) is 3.82. The summed E-state index contributed by atoms with van der Waals surface area (Å²) in [4.78, 5) is 0. The quantitative estimate of drug-likeness (QED) is 0.236. The first-order chi connectivity index (χ1) is 7.95. The van der Waals surface area contributed by atoms with Crippen LogP contribution in [0.15, 0.2) is 0 Å². The van der Waals surface area contributed by atoms with Crippen LogP contribution in [0.2, 0.25) is 0 Å². The van der Waals surface area contributed by atoms with E-state index in [-0.39, 0.29) is 18.9 Å². The fraction of sp³-hybridized carbons (Fsp3) is 1.00. The van der Waals surface area contributed by atoms with E-state index in [0.717, 1.165) is 12.8 Å². The molecule has 0 saturated carbocycles. The molecule has 0 bridgehead atoms. The summed E-state index contributed by atoms with van der Waals surface area (Å²) in [5.74, 6) is 0. The molecule has 0 aromatic heterocycles.